The molecule has 0 aromatic carbocycles. The molecule has 4 aromatic heterocycles. The fourth-order valence-corrected chi connectivity index (χ4v) is 4.05. The smallest absolute Gasteiger partial charge is 0.239 e. The zero-order chi connectivity index (χ0) is 16.5. The summed E-state index contributed by atoms with van der Waals surface area (Å²) in [7, 11) is -1.16. The van der Waals surface area contributed by atoms with Crippen molar-refractivity contribution < 1.29 is 8.73 Å². The van der Waals surface area contributed by atoms with Gasteiger partial charge in [-0.25, -0.2) is 4.98 Å². The lowest BCUT2D eigenvalue weighted by atomic mass is 10.3. The fraction of sp³-hybridized carbons (Fsp3) is 0.188. The number of imidazole rings is 1. The lowest BCUT2D eigenvalue weighted by Gasteiger charge is -1.95. The Balaban J connectivity index is 1.47. The molecule has 0 fully saturated rings. The molecule has 0 N–H and O–H groups in total. The Bertz CT molecular complexity index is 1000. The normalized spacial score (nSPS) is 12.7. The third-order valence-electron chi connectivity index (χ3n) is 3.57. The molecule has 4 rings (SSSR count). The maximum absolute atomic E-state index is 12.4. The van der Waals surface area contributed by atoms with E-state index in [0.29, 0.717) is 17.5 Å². The summed E-state index contributed by atoms with van der Waals surface area (Å²) in [6, 6.07) is 5.90. The van der Waals surface area contributed by atoms with Gasteiger partial charge in [0.1, 0.15) is 11.4 Å². The maximum atomic E-state index is 12.4. The number of hydrogen-bond acceptors (Lipinski definition) is 6. The second-order valence-electron chi connectivity index (χ2n) is 5.41. The van der Waals surface area contributed by atoms with Crippen LogP contribution < -0.4 is 0 Å². The average Bonchev–Trinajstić information content (AvgIpc) is 3.26. The first-order chi connectivity index (χ1) is 11.7. The highest BCUT2D eigenvalue weighted by atomic mass is 32.2. The number of aryl methyl sites for hydroxylation is 1. The van der Waals surface area contributed by atoms with Gasteiger partial charge in [0, 0.05) is 34.1 Å². The molecule has 0 bridgehead atoms. The van der Waals surface area contributed by atoms with E-state index >= 15 is 0 Å². The molecule has 6 nitrogen and oxygen atoms in total. The Morgan fingerprint density at radius 1 is 1.29 bits per heavy atom. The number of fused-ring (bicyclic) bond motifs is 1. The molecular weight excluding hydrogens is 344 g/mol. The Morgan fingerprint density at radius 3 is 3.00 bits per heavy atom. The Labute approximate surface area is 144 Å². The Hall–Kier alpha value is -2.32. The molecule has 0 saturated heterocycles. The van der Waals surface area contributed by atoms with E-state index in [-0.39, 0.29) is 5.75 Å². The zero-order valence-corrected chi connectivity index (χ0v) is 14.5. The van der Waals surface area contributed by atoms with E-state index in [9.17, 15) is 4.21 Å². The highest BCUT2D eigenvalue weighted by Gasteiger charge is 2.14. The fourth-order valence-electron chi connectivity index (χ4n) is 2.45. The topological polar surface area (TPSA) is 73.3 Å². The average molecular weight is 358 g/mol. The van der Waals surface area contributed by atoms with E-state index in [1.54, 1.807) is 11.3 Å². The summed E-state index contributed by atoms with van der Waals surface area (Å²) in [4.78, 5) is 8.85. The summed E-state index contributed by atoms with van der Waals surface area (Å²) < 4.78 is 19.5. The van der Waals surface area contributed by atoms with Gasteiger partial charge in [-0.1, -0.05) is 11.2 Å². The Kier molecular flexibility index (Phi) is 3.99. The second-order valence-corrected chi connectivity index (χ2v) is 7.64. The predicted molar refractivity (Wildman–Crippen MR) is 93.1 cm³/mol. The third kappa shape index (κ3) is 3.02. The van der Waals surface area contributed by atoms with Crippen molar-refractivity contribution in [2.24, 2.45) is 0 Å². The minimum absolute atomic E-state index is 0.226. The number of pyridine rings is 1. The quantitative estimate of drug-likeness (QED) is 0.548. The molecule has 0 saturated carbocycles. The zero-order valence-electron chi connectivity index (χ0n) is 12.9. The number of nitrogens with zero attached hydrogens (tertiary/aromatic N) is 4. The standard InChI is InChI=1S/C16H14N4O2S2/c1-11-3-2-5-20-7-13(17-16(11)20)9-24(21)10-14-18-15(19-22-14)12-4-6-23-8-12/h2-8H,9-10H2,1H3/t24-/m0/s1. The van der Waals surface area contributed by atoms with Crippen LogP contribution in [0.1, 0.15) is 17.1 Å². The van der Waals surface area contributed by atoms with Crippen LogP contribution in [0.3, 0.4) is 0 Å². The molecule has 0 spiro atoms. The van der Waals surface area contributed by atoms with Gasteiger partial charge in [0.2, 0.25) is 11.7 Å². The minimum Gasteiger partial charge on any atom is -0.338 e. The summed E-state index contributed by atoms with van der Waals surface area (Å²) >= 11 is 1.57. The molecule has 24 heavy (non-hydrogen) atoms. The minimum atomic E-state index is -1.16. The molecular formula is C16H14N4O2S2. The second kappa shape index (κ2) is 6.29. The SMILES string of the molecule is Cc1cccn2cc(C[S@](=O)Cc3nc(-c4ccsc4)no3)nc12. The van der Waals surface area contributed by atoms with Gasteiger partial charge in [-0.15, -0.1) is 0 Å². The first kappa shape index (κ1) is 15.2. The van der Waals surface area contributed by atoms with Crippen LogP contribution in [-0.4, -0.2) is 23.7 Å². The van der Waals surface area contributed by atoms with Crippen LogP contribution in [0.15, 0.2) is 45.9 Å². The van der Waals surface area contributed by atoms with Crippen LogP contribution in [0.25, 0.3) is 17.0 Å². The van der Waals surface area contributed by atoms with Crippen molar-refractivity contribution in [2.75, 3.05) is 0 Å². The van der Waals surface area contributed by atoms with Crippen molar-refractivity contribution in [1.82, 2.24) is 19.5 Å². The molecule has 0 unspecified atom stereocenters. The van der Waals surface area contributed by atoms with Crippen molar-refractivity contribution >= 4 is 27.8 Å². The monoisotopic (exact) mass is 358 g/mol. The summed E-state index contributed by atoms with van der Waals surface area (Å²) in [6.45, 7) is 2.01. The largest absolute Gasteiger partial charge is 0.338 e. The molecule has 0 aliphatic heterocycles. The van der Waals surface area contributed by atoms with Crippen molar-refractivity contribution in [2.45, 2.75) is 18.4 Å². The molecule has 1 atom stereocenters. The highest BCUT2D eigenvalue weighted by Crippen LogP contribution is 2.19. The van der Waals surface area contributed by atoms with Gasteiger partial charge in [-0.05, 0) is 30.0 Å². The van der Waals surface area contributed by atoms with E-state index in [2.05, 4.69) is 15.1 Å². The number of aromatic nitrogens is 4. The van der Waals surface area contributed by atoms with Gasteiger partial charge in [0.05, 0.1) is 11.4 Å². The van der Waals surface area contributed by atoms with Crippen LogP contribution in [-0.2, 0) is 22.3 Å². The first-order valence-corrected chi connectivity index (χ1v) is 9.75. The van der Waals surface area contributed by atoms with E-state index < -0.39 is 10.8 Å². The molecule has 0 aliphatic rings. The summed E-state index contributed by atoms with van der Waals surface area (Å²) in [6.07, 6.45) is 3.84. The molecule has 0 radical (unpaired) electrons. The van der Waals surface area contributed by atoms with Gasteiger partial charge in [0.15, 0.2) is 0 Å². The van der Waals surface area contributed by atoms with Crippen LogP contribution in [0.5, 0.6) is 0 Å². The van der Waals surface area contributed by atoms with Crippen LogP contribution in [0.2, 0.25) is 0 Å². The van der Waals surface area contributed by atoms with Gasteiger partial charge in [-0.2, -0.15) is 16.3 Å². The Morgan fingerprint density at radius 2 is 2.21 bits per heavy atom. The van der Waals surface area contributed by atoms with E-state index in [1.165, 1.54) is 0 Å². The van der Waals surface area contributed by atoms with Crippen molar-refractivity contribution in [3.05, 3.63) is 58.5 Å². The van der Waals surface area contributed by atoms with E-state index in [1.807, 2.05) is 52.7 Å². The van der Waals surface area contributed by atoms with Gasteiger partial charge in [0.25, 0.3) is 0 Å². The van der Waals surface area contributed by atoms with Crippen molar-refractivity contribution in [3.8, 4) is 11.4 Å². The van der Waals surface area contributed by atoms with Crippen LogP contribution in [0.4, 0.5) is 0 Å². The molecule has 4 heterocycles. The maximum Gasteiger partial charge on any atom is 0.239 e. The highest BCUT2D eigenvalue weighted by molar-refractivity contribution is 7.83. The summed E-state index contributed by atoms with van der Waals surface area (Å²) in [5.74, 6) is 1.50. The third-order valence-corrected chi connectivity index (χ3v) is 5.44. The summed E-state index contributed by atoms with van der Waals surface area (Å²) in [5, 5.41) is 7.83. The van der Waals surface area contributed by atoms with Crippen molar-refractivity contribution in [1.29, 1.82) is 0 Å². The van der Waals surface area contributed by atoms with Crippen molar-refractivity contribution in [3.63, 3.8) is 0 Å². The first-order valence-electron chi connectivity index (χ1n) is 7.32. The molecule has 8 heteroatoms. The number of rotatable bonds is 5. The number of hydrogen-bond donors (Lipinski definition) is 0. The lowest BCUT2D eigenvalue weighted by molar-refractivity contribution is 0.390. The van der Waals surface area contributed by atoms with Gasteiger partial charge in [-0.3, -0.25) is 4.21 Å². The van der Waals surface area contributed by atoms with Gasteiger partial charge < -0.3 is 8.92 Å². The predicted octanol–water partition coefficient (Wildman–Crippen LogP) is 3.20. The van der Waals surface area contributed by atoms with Crippen LogP contribution in [0, 0.1) is 6.92 Å². The summed E-state index contributed by atoms with van der Waals surface area (Å²) in [5.41, 5.74) is 3.69. The molecule has 0 amide bonds. The molecule has 0 aliphatic carbocycles. The van der Waals surface area contributed by atoms with E-state index in [4.69, 9.17) is 4.52 Å². The number of thiophene rings is 1. The van der Waals surface area contributed by atoms with Gasteiger partial charge >= 0.3 is 0 Å². The lowest BCUT2D eigenvalue weighted by Crippen LogP contribution is -2.00. The molecule has 122 valence electrons. The van der Waals surface area contributed by atoms with E-state index in [0.717, 1.165) is 22.5 Å². The van der Waals surface area contributed by atoms with Crippen LogP contribution >= 0.6 is 11.3 Å². The molecule has 4 aromatic rings.